The van der Waals surface area contributed by atoms with Gasteiger partial charge in [-0.2, -0.15) is 5.10 Å². The van der Waals surface area contributed by atoms with Gasteiger partial charge in [-0.15, -0.1) is 0 Å². The van der Waals surface area contributed by atoms with Crippen molar-refractivity contribution in [2.24, 2.45) is 0 Å². The van der Waals surface area contributed by atoms with E-state index >= 15 is 0 Å². The number of aromatic nitrogens is 4. The summed E-state index contributed by atoms with van der Waals surface area (Å²) in [6, 6.07) is 12.7. The minimum absolute atomic E-state index is 0.278. The number of nitrogens with one attached hydrogen (secondary N) is 2. The van der Waals surface area contributed by atoms with Crippen LogP contribution in [0.2, 0.25) is 0 Å². The summed E-state index contributed by atoms with van der Waals surface area (Å²) in [6.07, 6.45) is 5.36. The van der Waals surface area contributed by atoms with Crippen LogP contribution in [0.3, 0.4) is 0 Å². The average molecular weight is 398 g/mol. The molecule has 0 radical (unpaired) electrons. The maximum atomic E-state index is 13.7. The lowest BCUT2D eigenvalue weighted by molar-refractivity contribution is 0.627. The number of halogens is 2. The minimum Gasteiger partial charge on any atom is -0.340 e. The number of aromatic amines is 2. The van der Waals surface area contributed by atoms with Crippen LogP contribution in [0.15, 0.2) is 60.8 Å². The molecule has 0 bridgehead atoms. The first-order valence-corrected chi connectivity index (χ1v) is 9.54. The number of hydrogen-bond donors (Lipinski definition) is 2. The highest BCUT2D eigenvalue weighted by atomic mass is 19.1. The van der Waals surface area contributed by atoms with Crippen LogP contribution in [0.4, 0.5) is 8.78 Å². The van der Waals surface area contributed by atoms with Gasteiger partial charge in [0, 0.05) is 16.8 Å². The quantitative estimate of drug-likeness (QED) is 0.474. The van der Waals surface area contributed by atoms with Gasteiger partial charge in [0.1, 0.15) is 17.3 Å². The van der Waals surface area contributed by atoms with E-state index in [9.17, 15) is 8.78 Å². The van der Waals surface area contributed by atoms with E-state index in [0.29, 0.717) is 22.6 Å². The van der Waals surface area contributed by atoms with Crippen molar-refractivity contribution in [3.63, 3.8) is 0 Å². The van der Waals surface area contributed by atoms with Crippen LogP contribution in [-0.2, 0) is 6.42 Å². The summed E-state index contributed by atoms with van der Waals surface area (Å²) < 4.78 is 27.1. The standard InChI is InChI=1S/C24H16F2N4/c25-18-6-1-4-15(12-18)10-11-17-14-27-30-22(17)24-28-21-9-3-8-20(23(21)29-24)16-5-2-7-19(26)13-16/h1-2,4-8,12-14H,3,9H2,(H,27,30)(H,28,29). The second-order valence-corrected chi connectivity index (χ2v) is 7.00. The van der Waals surface area contributed by atoms with Crippen LogP contribution in [0.25, 0.3) is 17.1 Å². The van der Waals surface area contributed by atoms with Gasteiger partial charge < -0.3 is 4.98 Å². The number of allylic oxidation sites excluding steroid dienone is 1. The van der Waals surface area contributed by atoms with Gasteiger partial charge in [-0.1, -0.05) is 36.1 Å². The Hall–Kier alpha value is -3.98. The Morgan fingerprint density at radius 3 is 2.63 bits per heavy atom. The van der Waals surface area contributed by atoms with E-state index in [1.165, 1.54) is 24.3 Å². The molecule has 1 aliphatic rings. The molecule has 0 amide bonds. The number of hydrogen-bond acceptors (Lipinski definition) is 2. The lowest BCUT2D eigenvalue weighted by Crippen LogP contribution is -2.00. The normalized spacial score (nSPS) is 12.7. The number of fused-ring (bicyclic) bond motifs is 1. The average Bonchev–Trinajstić information content (AvgIpc) is 3.38. The van der Waals surface area contributed by atoms with Crippen LogP contribution >= 0.6 is 0 Å². The second kappa shape index (κ2) is 7.45. The molecule has 0 unspecified atom stereocenters. The fraction of sp³-hybridized carbons (Fsp3) is 0.0833. The number of imidazole rings is 1. The molecule has 0 spiro atoms. The van der Waals surface area contributed by atoms with E-state index in [0.717, 1.165) is 35.4 Å². The zero-order chi connectivity index (χ0) is 20.5. The third-order valence-corrected chi connectivity index (χ3v) is 4.95. The molecule has 0 aliphatic heterocycles. The number of aryl methyl sites for hydroxylation is 1. The van der Waals surface area contributed by atoms with E-state index in [1.807, 2.05) is 6.07 Å². The predicted molar refractivity (Wildman–Crippen MR) is 110 cm³/mol. The SMILES string of the molecule is Fc1cccc(C#Cc2cn[nH]c2-c2nc3c([nH]2)CCC=C3c2cccc(F)c2)c1. The molecule has 2 aromatic heterocycles. The molecule has 5 rings (SSSR count). The smallest absolute Gasteiger partial charge is 0.157 e. The Kier molecular flexibility index (Phi) is 4.49. The Bertz CT molecular complexity index is 1330. The summed E-state index contributed by atoms with van der Waals surface area (Å²) in [5.74, 6) is 6.00. The monoisotopic (exact) mass is 398 g/mol. The van der Waals surface area contributed by atoms with Crippen molar-refractivity contribution in [1.29, 1.82) is 0 Å². The lowest BCUT2D eigenvalue weighted by Gasteiger charge is -2.12. The molecule has 146 valence electrons. The van der Waals surface area contributed by atoms with Crippen molar-refractivity contribution < 1.29 is 8.78 Å². The number of H-pyrrole nitrogens is 2. The van der Waals surface area contributed by atoms with Crippen molar-refractivity contribution in [2.45, 2.75) is 12.8 Å². The molecule has 0 atom stereocenters. The summed E-state index contributed by atoms with van der Waals surface area (Å²) in [5.41, 5.74) is 5.39. The first kappa shape index (κ1) is 18.1. The van der Waals surface area contributed by atoms with E-state index in [1.54, 1.807) is 24.4 Å². The summed E-state index contributed by atoms with van der Waals surface area (Å²) in [7, 11) is 0. The Morgan fingerprint density at radius 2 is 1.80 bits per heavy atom. The summed E-state index contributed by atoms with van der Waals surface area (Å²) in [4.78, 5) is 8.12. The van der Waals surface area contributed by atoms with Gasteiger partial charge >= 0.3 is 0 Å². The fourth-order valence-corrected chi connectivity index (χ4v) is 3.57. The van der Waals surface area contributed by atoms with Gasteiger partial charge in [0.05, 0.1) is 17.5 Å². The van der Waals surface area contributed by atoms with Crippen LogP contribution in [0, 0.1) is 23.5 Å². The Labute approximate surface area is 171 Å². The second-order valence-electron chi connectivity index (χ2n) is 7.00. The maximum Gasteiger partial charge on any atom is 0.157 e. The van der Waals surface area contributed by atoms with Crippen LogP contribution in [-0.4, -0.2) is 20.2 Å². The van der Waals surface area contributed by atoms with Crippen LogP contribution in [0.1, 0.15) is 34.5 Å². The highest BCUT2D eigenvalue weighted by Crippen LogP contribution is 2.32. The molecule has 0 saturated carbocycles. The first-order chi connectivity index (χ1) is 14.7. The molecule has 0 fully saturated rings. The highest BCUT2D eigenvalue weighted by molar-refractivity contribution is 5.81. The van der Waals surface area contributed by atoms with Gasteiger partial charge in [-0.05, 0) is 48.7 Å². The summed E-state index contributed by atoms with van der Waals surface area (Å²) in [6.45, 7) is 0. The summed E-state index contributed by atoms with van der Waals surface area (Å²) >= 11 is 0. The van der Waals surface area contributed by atoms with Gasteiger partial charge in [0.15, 0.2) is 5.82 Å². The molecule has 2 aromatic carbocycles. The molecule has 30 heavy (non-hydrogen) atoms. The zero-order valence-corrected chi connectivity index (χ0v) is 15.8. The van der Waals surface area contributed by atoms with Crippen LogP contribution in [0.5, 0.6) is 0 Å². The van der Waals surface area contributed by atoms with Crippen molar-refractivity contribution in [1.82, 2.24) is 20.2 Å². The molecule has 2 heterocycles. The molecule has 2 N–H and O–H groups in total. The minimum atomic E-state index is -0.329. The highest BCUT2D eigenvalue weighted by Gasteiger charge is 2.21. The summed E-state index contributed by atoms with van der Waals surface area (Å²) in [5, 5.41) is 7.04. The fourth-order valence-electron chi connectivity index (χ4n) is 3.57. The zero-order valence-electron chi connectivity index (χ0n) is 15.8. The maximum absolute atomic E-state index is 13.7. The van der Waals surface area contributed by atoms with Gasteiger partial charge in [-0.3, -0.25) is 5.10 Å². The van der Waals surface area contributed by atoms with E-state index in [2.05, 4.69) is 33.1 Å². The molecular weight excluding hydrogens is 382 g/mol. The van der Waals surface area contributed by atoms with E-state index in [-0.39, 0.29) is 11.6 Å². The predicted octanol–water partition coefficient (Wildman–Crippen LogP) is 4.86. The molecule has 0 saturated heterocycles. The lowest BCUT2D eigenvalue weighted by atomic mass is 9.94. The number of benzene rings is 2. The third kappa shape index (κ3) is 3.42. The largest absolute Gasteiger partial charge is 0.340 e. The van der Waals surface area contributed by atoms with Crippen molar-refractivity contribution in [2.75, 3.05) is 0 Å². The molecule has 1 aliphatic carbocycles. The van der Waals surface area contributed by atoms with Gasteiger partial charge in [0.2, 0.25) is 0 Å². The van der Waals surface area contributed by atoms with E-state index < -0.39 is 0 Å². The number of nitrogens with zero attached hydrogens (tertiary/aromatic N) is 2. The third-order valence-electron chi connectivity index (χ3n) is 4.95. The van der Waals surface area contributed by atoms with Crippen molar-refractivity contribution in [3.8, 4) is 23.4 Å². The van der Waals surface area contributed by atoms with E-state index in [4.69, 9.17) is 4.98 Å². The molecule has 6 heteroatoms. The molecule has 4 nitrogen and oxygen atoms in total. The Morgan fingerprint density at radius 1 is 0.967 bits per heavy atom. The topological polar surface area (TPSA) is 57.4 Å². The van der Waals surface area contributed by atoms with Crippen LogP contribution < -0.4 is 0 Å². The van der Waals surface area contributed by atoms with Gasteiger partial charge in [0.25, 0.3) is 0 Å². The molecular formula is C24H16F2N4. The van der Waals surface area contributed by atoms with Crippen molar-refractivity contribution in [3.05, 3.63) is 101 Å². The first-order valence-electron chi connectivity index (χ1n) is 9.54. The van der Waals surface area contributed by atoms with Gasteiger partial charge in [-0.25, -0.2) is 13.8 Å². The van der Waals surface area contributed by atoms with Crippen molar-refractivity contribution >= 4 is 5.57 Å². The Balaban J connectivity index is 1.51. The molecule has 4 aromatic rings. The number of rotatable bonds is 2.